The SMILES string of the molecule is C[C@@H](OC(=O)Cn1[nH]c(=O)c2ccccc2c1=O)c1ccc(F)cc1. The minimum absolute atomic E-state index is 0.227. The summed E-state index contributed by atoms with van der Waals surface area (Å²) in [6, 6.07) is 11.9. The van der Waals surface area contributed by atoms with E-state index in [2.05, 4.69) is 5.10 Å². The number of aromatic amines is 1. The number of rotatable bonds is 4. The van der Waals surface area contributed by atoms with Crippen molar-refractivity contribution < 1.29 is 13.9 Å². The molecule has 128 valence electrons. The molecule has 1 heterocycles. The summed E-state index contributed by atoms with van der Waals surface area (Å²) in [7, 11) is 0. The lowest BCUT2D eigenvalue weighted by Crippen LogP contribution is -2.33. The first-order chi connectivity index (χ1) is 12.0. The predicted molar refractivity (Wildman–Crippen MR) is 89.7 cm³/mol. The molecule has 2 aromatic carbocycles. The van der Waals surface area contributed by atoms with Gasteiger partial charge in [0.25, 0.3) is 11.1 Å². The van der Waals surface area contributed by atoms with Crippen molar-refractivity contribution in [3.05, 3.63) is 80.6 Å². The third-order valence-electron chi connectivity index (χ3n) is 3.82. The molecule has 0 saturated carbocycles. The number of benzene rings is 2. The lowest BCUT2D eigenvalue weighted by molar-refractivity contribution is -0.149. The van der Waals surface area contributed by atoms with E-state index in [0.29, 0.717) is 5.56 Å². The number of aromatic nitrogens is 2. The number of hydrogen-bond donors (Lipinski definition) is 1. The van der Waals surface area contributed by atoms with E-state index in [9.17, 15) is 18.8 Å². The highest BCUT2D eigenvalue weighted by atomic mass is 19.1. The summed E-state index contributed by atoms with van der Waals surface area (Å²) in [4.78, 5) is 36.4. The maximum absolute atomic E-state index is 12.9. The molecule has 0 radical (unpaired) electrons. The van der Waals surface area contributed by atoms with Crippen LogP contribution in [-0.4, -0.2) is 15.7 Å². The van der Waals surface area contributed by atoms with Crippen molar-refractivity contribution in [1.29, 1.82) is 0 Å². The van der Waals surface area contributed by atoms with Crippen molar-refractivity contribution in [1.82, 2.24) is 9.78 Å². The highest BCUT2D eigenvalue weighted by molar-refractivity contribution is 5.80. The van der Waals surface area contributed by atoms with Gasteiger partial charge >= 0.3 is 5.97 Å². The zero-order valence-electron chi connectivity index (χ0n) is 13.4. The van der Waals surface area contributed by atoms with Crippen LogP contribution in [0.5, 0.6) is 0 Å². The monoisotopic (exact) mass is 342 g/mol. The molecule has 25 heavy (non-hydrogen) atoms. The molecule has 0 fully saturated rings. The van der Waals surface area contributed by atoms with Gasteiger partial charge < -0.3 is 4.74 Å². The Morgan fingerprint density at radius 3 is 2.44 bits per heavy atom. The van der Waals surface area contributed by atoms with Crippen LogP contribution in [0.4, 0.5) is 4.39 Å². The van der Waals surface area contributed by atoms with E-state index >= 15 is 0 Å². The van der Waals surface area contributed by atoms with Crippen LogP contribution in [-0.2, 0) is 16.1 Å². The quantitative estimate of drug-likeness (QED) is 0.737. The van der Waals surface area contributed by atoms with Gasteiger partial charge in [0, 0.05) is 0 Å². The van der Waals surface area contributed by atoms with Crippen LogP contribution in [0.3, 0.4) is 0 Å². The van der Waals surface area contributed by atoms with E-state index in [1.165, 1.54) is 36.4 Å². The highest BCUT2D eigenvalue weighted by Gasteiger charge is 2.15. The molecule has 6 nitrogen and oxygen atoms in total. The van der Waals surface area contributed by atoms with Crippen molar-refractivity contribution in [2.45, 2.75) is 19.6 Å². The van der Waals surface area contributed by atoms with Crippen molar-refractivity contribution in [2.75, 3.05) is 0 Å². The molecule has 0 aliphatic heterocycles. The topological polar surface area (TPSA) is 81.2 Å². The molecule has 1 atom stereocenters. The van der Waals surface area contributed by atoms with E-state index in [-0.39, 0.29) is 16.6 Å². The maximum atomic E-state index is 12.9. The molecule has 0 amide bonds. The summed E-state index contributed by atoms with van der Waals surface area (Å²) in [5.41, 5.74) is -0.328. The second kappa shape index (κ2) is 6.72. The van der Waals surface area contributed by atoms with Crippen LogP contribution in [0.15, 0.2) is 58.1 Å². The molecular formula is C18H15FN2O4. The summed E-state index contributed by atoms with van der Waals surface area (Å²) >= 11 is 0. The minimum atomic E-state index is -0.690. The average Bonchev–Trinajstić information content (AvgIpc) is 2.60. The first-order valence-electron chi connectivity index (χ1n) is 7.62. The third kappa shape index (κ3) is 3.50. The number of hydrogen-bond acceptors (Lipinski definition) is 4. The van der Waals surface area contributed by atoms with Gasteiger partial charge in [-0.1, -0.05) is 24.3 Å². The summed E-state index contributed by atoms with van der Waals surface area (Å²) in [6.07, 6.45) is -0.615. The first kappa shape index (κ1) is 16.6. The molecule has 1 N–H and O–H groups in total. The summed E-state index contributed by atoms with van der Waals surface area (Å²) in [6.45, 7) is 1.21. The van der Waals surface area contributed by atoms with Crippen molar-refractivity contribution >= 4 is 16.7 Å². The fourth-order valence-electron chi connectivity index (χ4n) is 2.52. The highest BCUT2D eigenvalue weighted by Crippen LogP contribution is 2.17. The Hall–Kier alpha value is -3.22. The molecule has 1 aromatic heterocycles. The zero-order chi connectivity index (χ0) is 18.0. The van der Waals surface area contributed by atoms with Gasteiger partial charge in [0.15, 0.2) is 0 Å². The molecule has 0 aliphatic carbocycles. The molecule has 7 heteroatoms. The molecule has 0 bridgehead atoms. The number of H-pyrrole nitrogens is 1. The molecule has 0 aliphatic rings. The molecular weight excluding hydrogens is 327 g/mol. The summed E-state index contributed by atoms with van der Waals surface area (Å²) < 4.78 is 19.1. The number of nitrogens with one attached hydrogen (secondary N) is 1. The van der Waals surface area contributed by atoms with E-state index in [0.717, 1.165) is 4.68 Å². The van der Waals surface area contributed by atoms with Crippen molar-refractivity contribution in [3.8, 4) is 0 Å². The molecule has 0 spiro atoms. The minimum Gasteiger partial charge on any atom is -0.456 e. The normalized spacial score (nSPS) is 12.1. The Morgan fingerprint density at radius 2 is 1.76 bits per heavy atom. The molecule has 0 saturated heterocycles. The van der Waals surface area contributed by atoms with Gasteiger partial charge in [-0.25, -0.2) is 9.07 Å². The lowest BCUT2D eigenvalue weighted by atomic mass is 10.1. The molecule has 3 rings (SSSR count). The van der Waals surface area contributed by atoms with Crippen LogP contribution in [0.25, 0.3) is 10.8 Å². The number of carbonyl (C=O) groups excluding carboxylic acids is 1. The standard InChI is InChI=1S/C18H15FN2O4/c1-11(12-6-8-13(19)9-7-12)25-16(22)10-21-18(24)15-5-3-2-4-14(15)17(23)20-21/h2-9,11H,10H2,1H3,(H,20,23)/t11-/m1/s1. The van der Waals surface area contributed by atoms with Gasteiger partial charge in [0.1, 0.15) is 18.5 Å². The van der Waals surface area contributed by atoms with Crippen LogP contribution in [0.1, 0.15) is 18.6 Å². The zero-order valence-corrected chi connectivity index (χ0v) is 13.4. The number of esters is 1. The second-order valence-electron chi connectivity index (χ2n) is 5.56. The smallest absolute Gasteiger partial charge is 0.328 e. The van der Waals surface area contributed by atoms with E-state index in [1.807, 2.05) is 0 Å². The number of ether oxygens (including phenoxy) is 1. The Morgan fingerprint density at radius 1 is 1.12 bits per heavy atom. The van der Waals surface area contributed by atoms with Crippen molar-refractivity contribution in [3.63, 3.8) is 0 Å². The first-order valence-corrected chi connectivity index (χ1v) is 7.62. The molecule has 0 unspecified atom stereocenters. The Kier molecular flexibility index (Phi) is 4.47. The van der Waals surface area contributed by atoms with Gasteiger partial charge in [0.2, 0.25) is 0 Å². The number of nitrogens with zero attached hydrogens (tertiary/aromatic N) is 1. The number of carbonyl (C=O) groups is 1. The Bertz CT molecular complexity index is 1040. The van der Waals surface area contributed by atoms with E-state index < -0.39 is 29.7 Å². The van der Waals surface area contributed by atoms with E-state index in [4.69, 9.17) is 4.74 Å². The van der Waals surface area contributed by atoms with Gasteiger partial charge in [-0.3, -0.25) is 19.5 Å². The summed E-state index contributed by atoms with van der Waals surface area (Å²) in [5, 5.41) is 2.86. The Labute approximate surface area is 141 Å². The van der Waals surface area contributed by atoms with Crippen molar-refractivity contribution in [2.24, 2.45) is 0 Å². The van der Waals surface area contributed by atoms with Crippen LogP contribution in [0.2, 0.25) is 0 Å². The second-order valence-corrected chi connectivity index (χ2v) is 5.56. The third-order valence-corrected chi connectivity index (χ3v) is 3.82. The van der Waals surface area contributed by atoms with Gasteiger partial charge in [0.05, 0.1) is 10.8 Å². The van der Waals surface area contributed by atoms with Crippen LogP contribution >= 0.6 is 0 Å². The predicted octanol–water partition coefficient (Wildman–Crippen LogP) is 2.13. The summed E-state index contributed by atoms with van der Waals surface area (Å²) in [5.74, 6) is -1.08. The fraction of sp³-hybridized carbons (Fsp3) is 0.167. The fourth-order valence-corrected chi connectivity index (χ4v) is 2.52. The van der Waals surface area contributed by atoms with Crippen LogP contribution in [0, 0.1) is 5.82 Å². The molecule has 3 aromatic rings. The largest absolute Gasteiger partial charge is 0.456 e. The Balaban J connectivity index is 1.80. The van der Waals surface area contributed by atoms with Gasteiger partial charge in [-0.05, 0) is 36.8 Å². The van der Waals surface area contributed by atoms with Gasteiger partial charge in [-0.2, -0.15) is 0 Å². The van der Waals surface area contributed by atoms with Gasteiger partial charge in [-0.15, -0.1) is 0 Å². The number of fused-ring (bicyclic) bond motifs is 1. The number of halogens is 1. The average molecular weight is 342 g/mol. The van der Waals surface area contributed by atoms with Crippen LogP contribution < -0.4 is 11.1 Å². The maximum Gasteiger partial charge on any atom is 0.328 e. The lowest BCUT2D eigenvalue weighted by Gasteiger charge is -2.14. The van der Waals surface area contributed by atoms with E-state index in [1.54, 1.807) is 19.1 Å².